The normalized spacial score (nSPS) is 19.1. The molecule has 0 aromatic heterocycles. The van der Waals surface area contributed by atoms with Gasteiger partial charge in [0.05, 0.1) is 6.10 Å². The van der Waals surface area contributed by atoms with E-state index < -0.39 is 6.10 Å². The lowest BCUT2D eigenvalue weighted by atomic mass is 9.87. The third kappa shape index (κ3) is 3.48. The van der Waals surface area contributed by atoms with Gasteiger partial charge in [0.25, 0.3) is 0 Å². The molecule has 4 nitrogen and oxygen atoms in total. The highest BCUT2D eigenvalue weighted by molar-refractivity contribution is 5.48. The van der Waals surface area contributed by atoms with Crippen LogP contribution in [-0.4, -0.2) is 29.9 Å². The number of para-hydroxylation sites is 1. The highest BCUT2D eigenvalue weighted by Gasteiger charge is 2.27. The number of ether oxygens (including phenoxy) is 2. The number of rotatable bonds is 4. The Balaban J connectivity index is 1.36. The van der Waals surface area contributed by atoms with Crippen LogP contribution >= 0.6 is 0 Å². The van der Waals surface area contributed by atoms with Crippen LogP contribution in [0.5, 0.6) is 11.5 Å². The predicted octanol–water partition coefficient (Wildman–Crippen LogP) is 3.50. The van der Waals surface area contributed by atoms with Gasteiger partial charge in [-0.25, -0.2) is 4.39 Å². The molecule has 1 saturated heterocycles. The number of aliphatic hydroxyl groups is 1. The second-order valence-electron chi connectivity index (χ2n) is 6.76. The lowest BCUT2D eigenvalue weighted by Gasteiger charge is -2.34. The summed E-state index contributed by atoms with van der Waals surface area (Å²) in [5.41, 5.74) is 1.94. The zero-order valence-electron chi connectivity index (χ0n) is 14.0. The number of hydrogen-bond donors (Lipinski definition) is 1. The molecule has 2 aromatic carbocycles. The molecule has 2 heterocycles. The van der Waals surface area contributed by atoms with Gasteiger partial charge in [-0.3, -0.25) is 4.90 Å². The molecule has 2 aromatic rings. The minimum Gasteiger partial charge on any atom is -0.454 e. The molecule has 0 amide bonds. The van der Waals surface area contributed by atoms with E-state index >= 15 is 0 Å². The number of aliphatic hydroxyl groups excluding tert-OH is 1. The Hall–Kier alpha value is -2.11. The Morgan fingerprint density at radius 3 is 2.60 bits per heavy atom. The first kappa shape index (κ1) is 16.4. The molecular weight excluding hydrogens is 321 g/mol. The third-order valence-electron chi connectivity index (χ3n) is 5.16. The van der Waals surface area contributed by atoms with E-state index in [4.69, 9.17) is 9.47 Å². The Labute approximate surface area is 146 Å². The van der Waals surface area contributed by atoms with Crippen molar-refractivity contribution in [2.24, 2.45) is 5.92 Å². The summed E-state index contributed by atoms with van der Waals surface area (Å²) in [4.78, 5) is 2.38. The van der Waals surface area contributed by atoms with Gasteiger partial charge in [-0.2, -0.15) is 0 Å². The van der Waals surface area contributed by atoms with Gasteiger partial charge < -0.3 is 14.6 Å². The van der Waals surface area contributed by atoms with Crippen molar-refractivity contribution in [1.29, 1.82) is 0 Å². The smallest absolute Gasteiger partial charge is 0.231 e. The lowest BCUT2D eigenvalue weighted by molar-refractivity contribution is 0.0564. The molecule has 0 saturated carbocycles. The number of hydrogen-bond acceptors (Lipinski definition) is 4. The molecule has 25 heavy (non-hydrogen) atoms. The Morgan fingerprint density at radius 2 is 1.84 bits per heavy atom. The maximum absolute atomic E-state index is 13.0. The maximum atomic E-state index is 13.0. The quantitative estimate of drug-likeness (QED) is 0.923. The summed E-state index contributed by atoms with van der Waals surface area (Å²) in [5.74, 6) is 1.62. The van der Waals surface area contributed by atoms with E-state index in [-0.39, 0.29) is 18.5 Å². The van der Waals surface area contributed by atoms with Crippen LogP contribution < -0.4 is 9.47 Å². The Kier molecular flexibility index (Phi) is 4.59. The highest BCUT2D eigenvalue weighted by Crippen LogP contribution is 2.37. The van der Waals surface area contributed by atoms with Crippen molar-refractivity contribution in [2.75, 3.05) is 19.9 Å². The van der Waals surface area contributed by atoms with Crippen LogP contribution in [0.25, 0.3) is 0 Å². The molecule has 0 aliphatic carbocycles. The summed E-state index contributed by atoms with van der Waals surface area (Å²) in [5, 5.41) is 10.6. The van der Waals surface area contributed by atoms with Crippen molar-refractivity contribution in [1.82, 2.24) is 4.90 Å². The summed E-state index contributed by atoms with van der Waals surface area (Å²) in [7, 11) is 0. The Bertz CT molecular complexity index is 726. The molecule has 0 bridgehead atoms. The van der Waals surface area contributed by atoms with Gasteiger partial charge in [0.1, 0.15) is 5.82 Å². The molecule has 0 spiro atoms. The monoisotopic (exact) mass is 343 g/mol. The standard InChI is InChI=1S/C20H22FNO3/c21-17-6-4-14(5-7-17)19(23)15-8-10-22(11-9-15)12-16-2-1-3-18-20(16)25-13-24-18/h1-7,15,19,23H,8-13H2. The van der Waals surface area contributed by atoms with E-state index in [9.17, 15) is 9.50 Å². The Morgan fingerprint density at radius 1 is 1.08 bits per heavy atom. The van der Waals surface area contributed by atoms with Gasteiger partial charge in [-0.05, 0) is 55.6 Å². The van der Waals surface area contributed by atoms with Crippen LogP contribution in [0.4, 0.5) is 4.39 Å². The molecule has 4 rings (SSSR count). The number of nitrogens with zero attached hydrogens (tertiary/aromatic N) is 1. The van der Waals surface area contributed by atoms with Crippen LogP contribution in [0.3, 0.4) is 0 Å². The largest absolute Gasteiger partial charge is 0.454 e. The van der Waals surface area contributed by atoms with Gasteiger partial charge in [0, 0.05) is 12.1 Å². The number of benzene rings is 2. The minimum atomic E-state index is -0.527. The van der Waals surface area contributed by atoms with Gasteiger partial charge in [-0.15, -0.1) is 0 Å². The van der Waals surface area contributed by atoms with E-state index in [1.165, 1.54) is 12.1 Å². The number of halogens is 1. The summed E-state index contributed by atoms with van der Waals surface area (Å²) >= 11 is 0. The summed E-state index contributed by atoms with van der Waals surface area (Å²) in [6, 6.07) is 12.2. The molecule has 2 aliphatic rings. The fourth-order valence-corrected chi connectivity index (χ4v) is 3.71. The number of fused-ring (bicyclic) bond motifs is 1. The van der Waals surface area contributed by atoms with Crippen LogP contribution in [0.1, 0.15) is 30.1 Å². The van der Waals surface area contributed by atoms with E-state index in [1.807, 2.05) is 12.1 Å². The number of piperidine rings is 1. The molecular formula is C20H22FNO3. The fourth-order valence-electron chi connectivity index (χ4n) is 3.71. The molecule has 1 fully saturated rings. The van der Waals surface area contributed by atoms with Crippen molar-refractivity contribution in [3.8, 4) is 11.5 Å². The van der Waals surface area contributed by atoms with Crippen molar-refractivity contribution in [3.63, 3.8) is 0 Å². The van der Waals surface area contributed by atoms with Gasteiger partial charge in [0.15, 0.2) is 11.5 Å². The van der Waals surface area contributed by atoms with E-state index in [0.717, 1.165) is 55.1 Å². The van der Waals surface area contributed by atoms with Gasteiger partial charge >= 0.3 is 0 Å². The molecule has 1 atom stereocenters. The fraction of sp³-hybridized carbons (Fsp3) is 0.400. The van der Waals surface area contributed by atoms with Gasteiger partial charge in [-0.1, -0.05) is 24.3 Å². The van der Waals surface area contributed by atoms with Crippen LogP contribution in [-0.2, 0) is 6.54 Å². The first-order chi connectivity index (χ1) is 12.2. The molecule has 0 radical (unpaired) electrons. The zero-order valence-corrected chi connectivity index (χ0v) is 14.0. The number of likely N-dealkylation sites (tertiary alicyclic amines) is 1. The average Bonchev–Trinajstić information content (AvgIpc) is 3.12. The SMILES string of the molecule is OC(c1ccc(F)cc1)C1CCN(Cc2cccc3c2OCO3)CC1. The van der Waals surface area contributed by atoms with Crippen molar-refractivity contribution in [2.45, 2.75) is 25.5 Å². The second kappa shape index (κ2) is 7.02. The van der Waals surface area contributed by atoms with Crippen molar-refractivity contribution < 1.29 is 19.0 Å². The van der Waals surface area contributed by atoms with Crippen LogP contribution in [0.15, 0.2) is 42.5 Å². The maximum Gasteiger partial charge on any atom is 0.231 e. The first-order valence-corrected chi connectivity index (χ1v) is 8.74. The molecule has 2 aliphatic heterocycles. The summed E-state index contributed by atoms with van der Waals surface area (Å²) < 4.78 is 24.0. The van der Waals surface area contributed by atoms with Crippen molar-refractivity contribution in [3.05, 3.63) is 59.4 Å². The molecule has 5 heteroatoms. The lowest BCUT2D eigenvalue weighted by Crippen LogP contribution is -2.35. The van der Waals surface area contributed by atoms with Crippen molar-refractivity contribution >= 4 is 0 Å². The summed E-state index contributed by atoms with van der Waals surface area (Å²) in [6.45, 7) is 2.96. The molecule has 132 valence electrons. The van der Waals surface area contributed by atoms with Gasteiger partial charge in [0.2, 0.25) is 6.79 Å². The second-order valence-corrected chi connectivity index (χ2v) is 6.76. The third-order valence-corrected chi connectivity index (χ3v) is 5.16. The van der Waals surface area contributed by atoms with Crippen LogP contribution in [0, 0.1) is 11.7 Å². The minimum absolute atomic E-state index is 0.211. The topological polar surface area (TPSA) is 41.9 Å². The van der Waals surface area contributed by atoms with E-state index in [1.54, 1.807) is 12.1 Å². The first-order valence-electron chi connectivity index (χ1n) is 8.74. The molecule has 1 unspecified atom stereocenters. The average molecular weight is 343 g/mol. The summed E-state index contributed by atoms with van der Waals surface area (Å²) in [6.07, 6.45) is 1.32. The van der Waals surface area contributed by atoms with Crippen LogP contribution in [0.2, 0.25) is 0 Å². The molecule has 1 N–H and O–H groups in total. The van der Waals surface area contributed by atoms with E-state index in [2.05, 4.69) is 11.0 Å². The van der Waals surface area contributed by atoms with E-state index in [0.29, 0.717) is 0 Å². The highest BCUT2D eigenvalue weighted by atomic mass is 19.1. The zero-order chi connectivity index (χ0) is 17.2. The predicted molar refractivity (Wildman–Crippen MR) is 91.9 cm³/mol.